The van der Waals surface area contributed by atoms with Crippen LogP contribution in [0.25, 0.3) is 0 Å². The summed E-state index contributed by atoms with van der Waals surface area (Å²) in [5.41, 5.74) is 1.69. The minimum Gasteiger partial charge on any atom is -0.375 e. The van der Waals surface area contributed by atoms with Crippen molar-refractivity contribution in [3.63, 3.8) is 0 Å². The molecule has 0 spiro atoms. The summed E-state index contributed by atoms with van der Waals surface area (Å²) in [6.07, 6.45) is 3.20. The van der Waals surface area contributed by atoms with Crippen molar-refractivity contribution < 1.29 is 9.53 Å². The highest BCUT2D eigenvalue weighted by Crippen LogP contribution is 2.14. The van der Waals surface area contributed by atoms with Crippen LogP contribution >= 0.6 is 15.9 Å². The largest absolute Gasteiger partial charge is 0.375 e. The summed E-state index contributed by atoms with van der Waals surface area (Å²) in [7, 11) is 0. The number of halogens is 1. The number of hydrogen-bond acceptors (Lipinski definition) is 3. The van der Waals surface area contributed by atoms with Crippen molar-refractivity contribution in [2.45, 2.75) is 19.6 Å². The predicted octanol–water partition coefficient (Wildman–Crippen LogP) is 3.18. The third-order valence-corrected chi connectivity index (χ3v) is 3.51. The lowest BCUT2D eigenvalue weighted by atomic mass is 10.2. The summed E-state index contributed by atoms with van der Waals surface area (Å²) in [6.45, 7) is 2.92. The van der Waals surface area contributed by atoms with E-state index in [4.69, 9.17) is 4.74 Å². The van der Waals surface area contributed by atoms with Gasteiger partial charge in [0.05, 0.1) is 18.8 Å². The van der Waals surface area contributed by atoms with Gasteiger partial charge in [0.1, 0.15) is 0 Å². The number of hydrogen-bond donors (Lipinski definition) is 1. The molecule has 4 nitrogen and oxygen atoms in total. The second-order valence-corrected chi connectivity index (χ2v) is 5.59. The maximum Gasteiger partial charge on any atom is 0.252 e. The van der Waals surface area contributed by atoms with Gasteiger partial charge in [-0.25, -0.2) is 0 Å². The van der Waals surface area contributed by atoms with Crippen molar-refractivity contribution in [2.24, 2.45) is 0 Å². The van der Waals surface area contributed by atoms with Crippen LogP contribution in [-0.2, 0) is 11.3 Å². The molecule has 0 saturated carbocycles. The monoisotopic (exact) mass is 348 g/mol. The molecule has 1 heterocycles. The molecule has 1 N–H and O–H groups in total. The first-order valence-corrected chi connectivity index (χ1v) is 7.48. The van der Waals surface area contributed by atoms with E-state index in [-0.39, 0.29) is 11.9 Å². The Bertz CT molecular complexity index is 590. The van der Waals surface area contributed by atoms with E-state index in [2.05, 4.69) is 26.2 Å². The zero-order valence-corrected chi connectivity index (χ0v) is 13.3. The summed E-state index contributed by atoms with van der Waals surface area (Å²) < 4.78 is 6.29. The molecular weight excluding hydrogens is 332 g/mol. The third kappa shape index (κ3) is 4.95. The summed E-state index contributed by atoms with van der Waals surface area (Å²) in [6, 6.07) is 11.6. The minimum absolute atomic E-state index is 0.0683. The smallest absolute Gasteiger partial charge is 0.252 e. The van der Waals surface area contributed by atoms with Gasteiger partial charge in [-0.05, 0) is 34.5 Å². The molecule has 5 heteroatoms. The molecule has 0 radical (unpaired) electrons. The fourth-order valence-corrected chi connectivity index (χ4v) is 2.26. The Morgan fingerprint density at radius 1 is 1.33 bits per heavy atom. The number of benzene rings is 1. The van der Waals surface area contributed by atoms with Crippen LogP contribution in [0.15, 0.2) is 53.3 Å². The molecule has 21 heavy (non-hydrogen) atoms. The second kappa shape index (κ2) is 7.90. The molecule has 0 bridgehead atoms. The Kier molecular flexibility index (Phi) is 5.90. The van der Waals surface area contributed by atoms with Crippen LogP contribution < -0.4 is 5.32 Å². The van der Waals surface area contributed by atoms with Crippen molar-refractivity contribution in [3.8, 4) is 0 Å². The molecule has 1 aromatic heterocycles. The lowest BCUT2D eigenvalue weighted by Crippen LogP contribution is -2.36. The standard InChI is InChI=1S/C16H17BrN2O2/c1-12(10-21-11-13-5-3-2-4-6-13)19-16(20)14-7-8-18-9-15(14)17/h2-9,12H,10-11H2,1H3,(H,19,20)/t12-/m0/s1. The first-order chi connectivity index (χ1) is 10.2. The van der Waals surface area contributed by atoms with E-state index in [0.29, 0.717) is 23.2 Å². The molecule has 110 valence electrons. The Hall–Kier alpha value is -1.72. The van der Waals surface area contributed by atoms with Gasteiger partial charge in [0.25, 0.3) is 5.91 Å². The molecule has 1 aromatic carbocycles. The van der Waals surface area contributed by atoms with E-state index in [9.17, 15) is 4.79 Å². The van der Waals surface area contributed by atoms with Crippen LogP contribution in [0.2, 0.25) is 0 Å². The Morgan fingerprint density at radius 2 is 2.10 bits per heavy atom. The van der Waals surface area contributed by atoms with Gasteiger partial charge < -0.3 is 10.1 Å². The number of aromatic nitrogens is 1. The number of carbonyl (C=O) groups is 1. The molecular formula is C16H17BrN2O2. The van der Waals surface area contributed by atoms with Crippen molar-refractivity contribution >= 4 is 21.8 Å². The van der Waals surface area contributed by atoms with E-state index in [1.807, 2.05) is 37.3 Å². The molecule has 0 aliphatic carbocycles. The van der Waals surface area contributed by atoms with Crippen LogP contribution in [0.3, 0.4) is 0 Å². The van der Waals surface area contributed by atoms with Crippen molar-refractivity contribution in [2.75, 3.05) is 6.61 Å². The molecule has 2 aromatic rings. The van der Waals surface area contributed by atoms with Gasteiger partial charge in [0.15, 0.2) is 0 Å². The maximum absolute atomic E-state index is 12.1. The lowest BCUT2D eigenvalue weighted by Gasteiger charge is -2.15. The van der Waals surface area contributed by atoms with E-state index in [1.165, 1.54) is 0 Å². The second-order valence-electron chi connectivity index (χ2n) is 4.73. The topological polar surface area (TPSA) is 51.2 Å². The average Bonchev–Trinajstić information content (AvgIpc) is 2.48. The van der Waals surface area contributed by atoms with Crippen LogP contribution in [0.4, 0.5) is 0 Å². The quantitative estimate of drug-likeness (QED) is 0.872. The molecule has 0 saturated heterocycles. The van der Waals surface area contributed by atoms with Crippen molar-refractivity contribution in [3.05, 3.63) is 64.4 Å². The van der Waals surface area contributed by atoms with Gasteiger partial charge in [-0.2, -0.15) is 0 Å². The van der Waals surface area contributed by atoms with E-state index in [1.54, 1.807) is 18.5 Å². The zero-order valence-electron chi connectivity index (χ0n) is 11.8. The number of ether oxygens (including phenoxy) is 1. The van der Waals surface area contributed by atoms with Crippen LogP contribution in [-0.4, -0.2) is 23.5 Å². The molecule has 0 fully saturated rings. The highest BCUT2D eigenvalue weighted by molar-refractivity contribution is 9.10. The van der Waals surface area contributed by atoms with E-state index in [0.717, 1.165) is 5.56 Å². The summed E-state index contributed by atoms with van der Waals surface area (Å²) in [5.74, 6) is -0.139. The highest BCUT2D eigenvalue weighted by atomic mass is 79.9. The van der Waals surface area contributed by atoms with Gasteiger partial charge >= 0.3 is 0 Å². The van der Waals surface area contributed by atoms with Gasteiger partial charge in [-0.1, -0.05) is 30.3 Å². The fraction of sp³-hybridized carbons (Fsp3) is 0.250. The number of rotatable bonds is 6. The van der Waals surface area contributed by atoms with Gasteiger partial charge in [-0.3, -0.25) is 9.78 Å². The van der Waals surface area contributed by atoms with Crippen molar-refractivity contribution in [1.82, 2.24) is 10.3 Å². The number of nitrogens with zero attached hydrogens (tertiary/aromatic N) is 1. The first-order valence-electron chi connectivity index (χ1n) is 6.69. The van der Waals surface area contributed by atoms with Gasteiger partial charge in [0.2, 0.25) is 0 Å². The summed E-state index contributed by atoms with van der Waals surface area (Å²) in [5, 5.41) is 2.90. The Morgan fingerprint density at radius 3 is 2.81 bits per heavy atom. The number of pyridine rings is 1. The zero-order chi connectivity index (χ0) is 15.1. The highest BCUT2D eigenvalue weighted by Gasteiger charge is 2.12. The van der Waals surface area contributed by atoms with Gasteiger partial charge in [0, 0.05) is 22.9 Å². The van der Waals surface area contributed by atoms with E-state index < -0.39 is 0 Å². The maximum atomic E-state index is 12.1. The van der Waals surface area contributed by atoms with Crippen molar-refractivity contribution in [1.29, 1.82) is 0 Å². The minimum atomic E-state index is -0.139. The lowest BCUT2D eigenvalue weighted by molar-refractivity contribution is 0.0819. The fourth-order valence-electron chi connectivity index (χ4n) is 1.83. The normalized spacial score (nSPS) is 11.9. The SMILES string of the molecule is C[C@@H](COCc1ccccc1)NC(=O)c1ccncc1Br. The summed E-state index contributed by atoms with van der Waals surface area (Å²) in [4.78, 5) is 16.0. The number of carbonyl (C=O) groups excluding carboxylic acids is 1. The first kappa shape index (κ1) is 15.7. The summed E-state index contributed by atoms with van der Waals surface area (Å²) >= 11 is 3.32. The molecule has 0 aliphatic heterocycles. The molecule has 0 unspecified atom stereocenters. The predicted molar refractivity (Wildman–Crippen MR) is 85.0 cm³/mol. The molecule has 1 atom stereocenters. The van der Waals surface area contributed by atoms with Crippen LogP contribution in [0, 0.1) is 0 Å². The van der Waals surface area contributed by atoms with Gasteiger partial charge in [-0.15, -0.1) is 0 Å². The molecule has 2 rings (SSSR count). The third-order valence-electron chi connectivity index (χ3n) is 2.87. The number of amides is 1. The van der Waals surface area contributed by atoms with Crippen LogP contribution in [0.5, 0.6) is 0 Å². The molecule has 0 aliphatic rings. The van der Waals surface area contributed by atoms with E-state index >= 15 is 0 Å². The van der Waals surface area contributed by atoms with Crippen LogP contribution in [0.1, 0.15) is 22.8 Å². The Labute approximate surface area is 132 Å². The molecule has 1 amide bonds. The Balaban J connectivity index is 1.78. The number of nitrogens with one attached hydrogen (secondary N) is 1. The average molecular weight is 349 g/mol.